The molecule has 3 heteroatoms. The van der Waals surface area contributed by atoms with Crippen LogP contribution in [-0.4, -0.2) is 38.7 Å². The van der Waals surface area contributed by atoms with E-state index in [4.69, 9.17) is 4.74 Å². The summed E-state index contributed by atoms with van der Waals surface area (Å²) in [5.74, 6) is 0.961. The molecule has 0 radical (unpaired) electrons. The predicted molar refractivity (Wildman–Crippen MR) is 94.4 cm³/mol. The molecule has 0 saturated carbocycles. The lowest BCUT2D eigenvalue weighted by Crippen LogP contribution is -2.31. The Morgan fingerprint density at radius 1 is 1.09 bits per heavy atom. The number of rotatable bonds is 2. The molecule has 2 atom stereocenters. The van der Waals surface area contributed by atoms with E-state index in [1.165, 1.54) is 28.8 Å². The van der Waals surface area contributed by atoms with Gasteiger partial charge in [0, 0.05) is 18.3 Å². The van der Waals surface area contributed by atoms with Crippen molar-refractivity contribution in [2.45, 2.75) is 24.9 Å². The van der Waals surface area contributed by atoms with Gasteiger partial charge in [-0.15, -0.1) is 0 Å². The number of hydrogen-bond donors (Lipinski definition) is 0. The molecule has 120 valence electrons. The molecule has 2 heterocycles. The fraction of sp³-hybridized carbons (Fsp3) is 0.400. The molecule has 2 aromatic carbocycles. The summed E-state index contributed by atoms with van der Waals surface area (Å²) >= 11 is 0. The van der Waals surface area contributed by atoms with Gasteiger partial charge in [-0.2, -0.15) is 0 Å². The van der Waals surface area contributed by atoms with E-state index in [2.05, 4.69) is 66.4 Å². The third-order valence-electron chi connectivity index (χ3n) is 5.40. The Morgan fingerprint density at radius 2 is 1.91 bits per heavy atom. The quantitative estimate of drug-likeness (QED) is 0.845. The Hall–Kier alpha value is -2.00. The first-order valence-corrected chi connectivity index (χ1v) is 8.35. The molecule has 3 nitrogen and oxygen atoms in total. The average molecular weight is 308 g/mol. The van der Waals surface area contributed by atoms with Crippen molar-refractivity contribution in [3.63, 3.8) is 0 Å². The highest BCUT2D eigenvalue weighted by Crippen LogP contribution is 2.44. The minimum Gasteiger partial charge on any atom is -0.497 e. The van der Waals surface area contributed by atoms with Gasteiger partial charge in [-0.05, 0) is 61.8 Å². The normalized spacial score (nSPS) is 22.3. The summed E-state index contributed by atoms with van der Waals surface area (Å²) in [5, 5.41) is 0. The summed E-state index contributed by atoms with van der Waals surface area (Å²) in [7, 11) is 6.13. The number of methoxy groups -OCH3 is 1. The van der Waals surface area contributed by atoms with Crippen LogP contribution in [0.15, 0.2) is 42.5 Å². The molecular formula is C20H24N2O. The Balaban J connectivity index is 1.86. The summed E-state index contributed by atoms with van der Waals surface area (Å²) in [6.45, 7) is 1.09. The van der Waals surface area contributed by atoms with E-state index in [9.17, 15) is 0 Å². The zero-order chi connectivity index (χ0) is 16.0. The lowest BCUT2D eigenvalue weighted by Gasteiger charge is -2.27. The smallest absolute Gasteiger partial charge is 0.119 e. The number of ether oxygens (including phenoxy) is 1. The molecule has 4 rings (SSSR count). The van der Waals surface area contributed by atoms with Crippen molar-refractivity contribution in [1.29, 1.82) is 0 Å². The van der Waals surface area contributed by atoms with Crippen molar-refractivity contribution >= 4 is 5.69 Å². The molecule has 2 unspecified atom stereocenters. The highest BCUT2D eigenvalue weighted by molar-refractivity contribution is 5.62. The molecule has 0 aliphatic carbocycles. The molecule has 23 heavy (non-hydrogen) atoms. The number of anilines is 1. The van der Waals surface area contributed by atoms with Gasteiger partial charge in [0.15, 0.2) is 0 Å². The predicted octanol–water partition coefficient (Wildman–Crippen LogP) is 3.48. The second-order valence-corrected chi connectivity index (χ2v) is 6.89. The Labute approximate surface area is 138 Å². The zero-order valence-electron chi connectivity index (χ0n) is 14.1. The molecule has 0 aromatic heterocycles. The van der Waals surface area contributed by atoms with Crippen LogP contribution in [0.5, 0.6) is 5.75 Å². The van der Waals surface area contributed by atoms with Crippen LogP contribution >= 0.6 is 0 Å². The van der Waals surface area contributed by atoms with Gasteiger partial charge in [0.2, 0.25) is 0 Å². The highest BCUT2D eigenvalue weighted by atomic mass is 16.5. The minimum atomic E-state index is 0.441. The maximum absolute atomic E-state index is 5.49. The fourth-order valence-corrected chi connectivity index (χ4v) is 4.07. The minimum absolute atomic E-state index is 0.441. The Bertz CT molecular complexity index is 725. The van der Waals surface area contributed by atoms with Crippen LogP contribution in [-0.2, 0) is 6.42 Å². The second kappa shape index (κ2) is 5.57. The molecular weight excluding hydrogens is 284 g/mol. The van der Waals surface area contributed by atoms with E-state index in [1.807, 2.05) is 0 Å². The SMILES string of the molecule is COc1ccc2c(c1)C1CC(N(C)C)CN1c1ccccc1C2. The second-order valence-electron chi connectivity index (χ2n) is 6.89. The van der Waals surface area contributed by atoms with Crippen molar-refractivity contribution in [1.82, 2.24) is 4.90 Å². The first-order valence-electron chi connectivity index (χ1n) is 8.35. The molecule has 0 N–H and O–H groups in total. The van der Waals surface area contributed by atoms with Gasteiger partial charge in [0.25, 0.3) is 0 Å². The number of benzene rings is 2. The summed E-state index contributed by atoms with van der Waals surface area (Å²) in [6.07, 6.45) is 2.18. The topological polar surface area (TPSA) is 15.7 Å². The van der Waals surface area contributed by atoms with Gasteiger partial charge in [0.1, 0.15) is 5.75 Å². The van der Waals surface area contributed by atoms with Gasteiger partial charge in [-0.3, -0.25) is 0 Å². The van der Waals surface area contributed by atoms with Crippen LogP contribution in [0.4, 0.5) is 5.69 Å². The van der Waals surface area contributed by atoms with Gasteiger partial charge in [-0.1, -0.05) is 24.3 Å². The van der Waals surface area contributed by atoms with E-state index in [-0.39, 0.29) is 0 Å². The van der Waals surface area contributed by atoms with Gasteiger partial charge >= 0.3 is 0 Å². The maximum Gasteiger partial charge on any atom is 0.119 e. The third-order valence-corrected chi connectivity index (χ3v) is 5.40. The molecule has 0 spiro atoms. The van der Waals surface area contributed by atoms with Crippen molar-refractivity contribution < 1.29 is 4.74 Å². The van der Waals surface area contributed by atoms with Crippen molar-refractivity contribution in [3.8, 4) is 5.75 Å². The summed E-state index contributed by atoms with van der Waals surface area (Å²) in [5.41, 5.74) is 5.70. The van der Waals surface area contributed by atoms with Crippen molar-refractivity contribution in [3.05, 3.63) is 59.2 Å². The number of nitrogens with zero attached hydrogens (tertiary/aromatic N) is 2. The molecule has 1 fully saturated rings. The van der Waals surface area contributed by atoms with E-state index in [0.29, 0.717) is 12.1 Å². The lowest BCUT2D eigenvalue weighted by molar-refractivity contribution is 0.310. The molecule has 2 aliphatic rings. The van der Waals surface area contributed by atoms with Crippen LogP contribution in [0.1, 0.15) is 29.2 Å². The molecule has 1 saturated heterocycles. The summed E-state index contributed by atoms with van der Waals surface area (Å²) in [4.78, 5) is 4.96. The van der Waals surface area contributed by atoms with E-state index >= 15 is 0 Å². The number of likely N-dealkylation sites (N-methyl/N-ethyl adjacent to an activating group) is 1. The van der Waals surface area contributed by atoms with Crippen molar-refractivity contribution in [2.75, 3.05) is 32.6 Å². The monoisotopic (exact) mass is 308 g/mol. The van der Waals surface area contributed by atoms with Crippen molar-refractivity contribution in [2.24, 2.45) is 0 Å². The van der Waals surface area contributed by atoms with Crippen LogP contribution in [0.3, 0.4) is 0 Å². The molecule has 2 aromatic rings. The Kier molecular flexibility index (Phi) is 3.53. The molecule has 2 aliphatic heterocycles. The first-order chi connectivity index (χ1) is 11.2. The van der Waals surface area contributed by atoms with Gasteiger partial charge in [-0.25, -0.2) is 0 Å². The standard InChI is InChI=1S/C20H24N2O/c1-21(2)16-11-20-18-12-17(23-3)9-8-14(18)10-15-6-4-5-7-19(15)22(20)13-16/h4-9,12,16,20H,10-11,13H2,1-3H3. The maximum atomic E-state index is 5.49. The fourth-order valence-electron chi connectivity index (χ4n) is 4.07. The summed E-state index contributed by atoms with van der Waals surface area (Å²) < 4.78 is 5.49. The van der Waals surface area contributed by atoms with E-state index < -0.39 is 0 Å². The zero-order valence-corrected chi connectivity index (χ0v) is 14.1. The van der Waals surface area contributed by atoms with Gasteiger partial charge < -0.3 is 14.5 Å². The lowest BCUT2D eigenvalue weighted by atomic mass is 9.95. The molecule has 0 bridgehead atoms. The highest BCUT2D eigenvalue weighted by Gasteiger charge is 2.38. The number of hydrogen-bond acceptors (Lipinski definition) is 3. The Morgan fingerprint density at radius 3 is 2.70 bits per heavy atom. The van der Waals surface area contributed by atoms with Gasteiger partial charge in [0.05, 0.1) is 13.2 Å². The van der Waals surface area contributed by atoms with E-state index in [1.54, 1.807) is 7.11 Å². The average Bonchev–Trinajstić information content (AvgIpc) is 2.96. The first kappa shape index (κ1) is 14.6. The van der Waals surface area contributed by atoms with Crippen LogP contribution in [0, 0.1) is 0 Å². The van der Waals surface area contributed by atoms with Crippen LogP contribution in [0.25, 0.3) is 0 Å². The third kappa shape index (κ3) is 2.40. The number of para-hydroxylation sites is 1. The van der Waals surface area contributed by atoms with Crippen LogP contribution in [0.2, 0.25) is 0 Å². The molecule has 0 amide bonds. The summed E-state index contributed by atoms with van der Waals surface area (Å²) in [6, 6.07) is 16.5. The van der Waals surface area contributed by atoms with Crippen LogP contribution < -0.4 is 9.64 Å². The largest absolute Gasteiger partial charge is 0.497 e. The van der Waals surface area contributed by atoms with E-state index in [0.717, 1.165) is 18.7 Å². The number of fused-ring (bicyclic) bond motifs is 5.